The Balaban J connectivity index is 1.94. The highest BCUT2D eigenvalue weighted by atomic mass is 16.5. The van der Waals surface area contributed by atoms with Crippen molar-refractivity contribution in [2.75, 3.05) is 30.8 Å². The molecule has 0 bridgehead atoms. The summed E-state index contributed by atoms with van der Waals surface area (Å²) < 4.78 is 7.21. The van der Waals surface area contributed by atoms with Crippen LogP contribution in [-0.4, -0.2) is 39.9 Å². The molecule has 0 unspecified atom stereocenters. The van der Waals surface area contributed by atoms with Gasteiger partial charge in [0.1, 0.15) is 18.2 Å². The molecule has 7 nitrogen and oxygen atoms in total. The summed E-state index contributed by atoms with van der Waals surface area (Å²) in [6.45, 7) is 4.54. The molecule has 108 valence electrons. The Bertz CT molecular complexity index is 514. The number of rotatable bonds is 8. The molecule has 2 rings (SSSR count). The summed E-state index contributed by atoms with van der Waals surface area (Å²) in [5, 5.41) is 10.4. The molecule has 0 atom stereocenters. The first-order valence-electron chi connectivity index (χ1n) is 6.66. The second-order valence-corrected chi connectivity index (χ2v) is 4.14. The zero-order valence-corrected chi connectivity index (χ0v) is 11.8. The molecule has 2 aromatic rings. The average molecular weight is 276 g/mol. The minimum Gasteiger partial charge on any atom is -0.374 e. The fourth-order valence-electron chi connectivity index (χ4n) is 1.70. The third kappa shape index (κ3) is 4.20. The van der Waals surface area contributed by atoms with Crippen LogP contribution in [0.1, 0.15) is 12.7 Å². The molecule has 0 aromatic carbocycles. The van der Waals surface area contributed by atoms with Crippen LogP contribution in [0.25, 0.3) is 0 Å². The van der Waals surface area contributed by atoms with Crippen molar-refractivity contribution in [2.45, 2.75) is 20.1 Å². The van der Waals surface area contributed by atoms with E-state index in [2.05, 4.69) is 25.7 Å². The van der Waals surface area contributed by atoms with E-state index in [1.165, 1.54) is 0 Å². The first-order valence-corrected chi connectivity index (χ1v) is 6.66. The molecule has 2 aromatic heterocycles. The topological polar surface area (TPSA) is 76.9 Å². The van der Waals surface area contributed by atoms with E-state index in [1.807, 2.05) is 37.0 Å². The number of hydrogen-bond acceptors (Lipinski definition) is 6. The van der Waals surface area contributed by atoms with Crippen molar-refractivity contribution in [1.29, 1.82) is 0 Å². The first kappa shape index (κ1) is 14.3. The summed E-state index contributed by atoms with van der Waals surface area (Å²) >= 11 is 0. The van der Waals surface area contributed by atoms with E-state index in [0.29, 0.717) is 19.0 Å². The van der Waals surface area contributed by atoms with Gasteiger partial charge in [0.05, 0.1) is 6.54 Å². The summed E-state index contributed by atoms with van der Waals surface area (Å²) in [5.74, 6) is 2.22. The van der Waals surface area contributed by atoms with Gasteiger partial charge in [-0.3, -0.25) is 4.68 Å². The maximum atomic E-state index is 5.34. The molecule has 0 saturated heterocycles. The van der Waals surface area contributed by atoms with Gasteiger partial charge in [-0.2, -0.15) is 5.10 Å². The van der Waals surface area contributed by atoms with Crippen LogP contribution in [0.3, 0.4) is 0 Å². The lowest BCUT2D eigenvalue weighted by molar-refractivity contribution is 0.128. The average Bonchev–Trinajstić information content (AvgIpc) is 2.98. The van der Waals surface area contributed by atoms with E-state index < -0.39 is 0 Å². The molecule has 2 N–H and O–H groups in total. The Morgan fingerprint density at radius 2 is 2.15 bits per heavy atom. The van der Waals surface area contributed by atoms with Crippen LogP contribution in [0.15, 0.2) is 24.5 Å². The van der Waals surface area contributed by atoms with Crippen molar-refractivity contribution in [3.8, 4) is 0 Å². The lowest BCUT2D eigenvalue weighted by Gasteiger charge is -2.10. The van der Waals surface area contributed by atoms with Gasteiger partial charge >= 0.3 is 0 Å². The summed E-state index contributed by atoms with van der Waals surface area (Å²) in [5.41, 5.74) is 0. The third-order valence-electron chi connectivity index (χ3n) is 2.67. The van der Waals surface area contributed by atoms with E-state index in [1.54, 1.807) is 6.20 Å². The van der Waals surface area contributed by atoms with Crippen molar-refractivity contribution >= 4 is 11.6 Å². The number of nitrogens with zero attached hydrogens (tertiary/aromatic N) is 4. The van der Waals surface area contributed by atoms with Gasteiger partial charge in [-0.1, -0.05) is 0 Å². The quantitative estimate of drug-likeness (QED) is 0.758. The van der Waals surface area contributed by atoms with E-state index in [0.717, 1.165) is 24.7 Å². The van der Waals surface area contributed by atoms with Crippen LogP contribution < -0.4 is 10.6 Å². The summed E-state index contributed by atoms with van der Waals surface area (Å²) in [4.78, 5) is 8.76. The van der Waals surface area contributed by atoms with E-state index in [4.69, 9.17) is 4.74 Å². The van der Waals surface area contributed by atoms with Gasteiger partial charge in [0.2, 0.25) is 0 Å². The predicted molar refractivity (Wildman–Crippen MR) is 77.6 cm³/mol. The van der Waals surface area contributed by atoms with Crippen LogP contribution in [0, 0.1) is 0 Å². The molecule has 0 spiro atoms. The molecule has 20 heavy (non-hydrogen) atoms. The minimum atomic E-state index is 0.417. The van der Waals surface area contributed by atoms with Gasteiger partial charge < -0.3 is 15.4 Å². The molecule has 0 radical (unpaired) electrons. The fraction of sp³-hybridized carbons (Fsp3) is 0.462. The van der Waals surface area contributed by atoms with Gasteiger partial charge in [-0.15, -0.1) is 0 Å². The van der Waals surface area contributed by atoms with Crippen molar-refractivity contribution < 1.29 is 4.74 Å². The van der Waals surface area contributed by atoms with Gasteiger partial charge in [-0.05, 0) is 13.0 Å². The highest BCUT2D eigenvalue weighted by molar-refractivity contribution is 5.47. The summed E-state index contributed by atoms with van der Waals surface area (Å²) in [7, 11) is 1.83. The predicted octanol–water partition coefficient (Wildman–Crippen LogP) is 1.36. The molecule has 0 fully saturated rings. The lowest BCUT2D eigenvalue weighted by atomic mass is 10.4. The zero-order valence-electron chi connectivity index (χ0n) is 11.8. The summed E-state index contributed by atoms with van der Waals surface area (Å²) in [6, 6.07) is 3.78. The molecular formula is C13H20N6O. The maximum absolute atomic E-state index is 5.34. The zero-order chi connectivity index (χ0) is 14.2. The Labute approximate surface area is 118 Å². The van der Waals surface area contributed by atoms with Crippen LogP contribution in [-0.2, 0) is 17.9 Å². The van der Waals surface area contributed by atoms with Crippen molar-refractivity contribution in [3.63, 3.8) is 0 Å². The number of anilines is 2. The fourth-order valence-corrected chi connectivity index (χ4v) is 1.70. The second kappa shape index (κ2) is 7.44. The van der Waals surface area contributed by atoms with Crippen LogP contribution in [0.5, 0.6) is 0 Å². The monoisotopic (exact) mass is 276 g/mol. The van der Waals surface area contributed by atoms with Crippen LogP contribution >= 0.6 is 0 Å². The van der Waals surface area contributed by atoms with Gasteiger partial charge in [-0.25, -0.2) is 9.97 Å². The van der Waals surface area contributed by atoms with E-state index in [9.17, 15) is 0 Å². The maximum Gasteiger partial charge on any atom is 0.158 e. The second-order valence-electron chi connectivity index (χ2n) is 4.14. The molecule has 0 amide bonds. The van der Waals surface area contributed by atoms with Gasteiger partial charge in [0.15, 0.2) is 5.82 Å². The van der Waals surface area contributed by atoms with Crippen molar-refractivity contribution in [3.05, 3.63) is 30.4 Å². The van der Waals surface area contributed by atoms with Crippen molar-refractivity contribution in [2.24, 2.45) is 0 Å². The number of ether oxygens (including phenoxy) is 1. The Morgan fingerprint density at radius 3 is 2.85 bits per heavy atom. The molecule has 0 aliphatic carbocycles. The smallest absolute Gasteiger partial charge is 0.158 e. The van der Waals surface area contributed by atoms with Crippen LogP contribution in [0.2, 0.25) is 0 Å². The van der Waals surface area contributed by atoms with Gasteiger partial charge in [0.25, 0.3) is 0 Å². The van der Waals surface area contributed by atoms with Gasteiger partial charge in [0, 0.05) is 38.7 Å². The number of aromatic nitrogens is 4. The molecule has 0 aliphatic heterocycles. The van der Waals surface area contributed by atoms with E-state index in [-0.39, 0.29) is 0 Å². The Hall–Kier alpha value is -2.15. The highest BCUT2D eigenvalue weighted by Crippen LogP contribution is 2.11. The van der Waals surface area contributed by atoms with E-state index >= 15 is 0 Å². The van der Waals surface area contributed by atoms with Crippen molar-refractivity contribution in [1.82, 2.24) is 19.7 Å². The Morgan fingerprint density at radius 1 is 1.30 bits per heavy atom. The normalized spacial score (nSPS) is 10.5. The Kier molecular flexibility index (Phi) is 5.31. The highest BCUT2D eigenvalue weighted by Gasteiger charge is 2.04. The summed E-state index contributed by atoms with van der Waals surface area (Å²) in [6.07, 6.45) is 3.70. The molecule has 2 heterocycles. The SMILES string of the molecule is CCOCc1nc(NC)cc(NCCn2cccn2)n1. The molecule has 0 aliphatic rings. The lowest BCUT2D eigenvalue weighted by Crippen LogP contribution is -2.13. The molecule has 0 saturated carbocycles. The molecule has 7 heteroatoms. The molecular weight excluding hydrogens is 256 g/mol. The number of hydrogen-bond donors (Lipinski definition) is 2. The standard InChI is InChI=1S/C13H20N6O/c1-3-20-10-13-17-11(14-2)9-12(18-13)15-6-8-19-7-4-5-16-19/h4-5,7,9H,3,6,8,10H2,1-2H3,(H2,14,15,17,18). The minimum absolute atomic E-state index is 0.417. The first-order chi connectivity index (χ1) is 9.81. The number of nitrogens with one attached hydrogen (secondary N) is 2. The van der Waals surface area contributed by atoms with Crippen LogP contribution in [0.4, 0.5) is 11.6 Å². The largest absolute Gasteiger partial charge is 0.374 e. The third-order valence-corrected chi connectivity index (χ3v) is 2.67.